The number of carboxylic acids is 1. The van der Waals surface area contributed by atoms with E-state index in [1.807, 2.05) is 30.3 Å². The lowest BCUT2D eigenvalue weighted by atomic mass is 9.94. The molecule has 3 rings (SSSR count). The number of carboxylic acid groups (broad SMARTS) is 1. The number of likely N-dealkylation sites (tertiary alicyclic amines) is 2. The van der Waals surface area contributed by atoms with Gasteiger partial charge in [0.15, 0.2) is 0 Å². The monoisotopic (exact) mass is 474 g/mol. The molecule has 1 aromatic carbocycles. The highest BCUT2D eigenvalue weighted by molar-refractivity contribution is 5.90. The molecule has 186 valence electrons. The first-order valence-corrected chi connectivity index (χ1v) is 11.6. The van der Waals surface area contributed by atoms with E-state index in [0.717, 1.165) is 5.56 Å². The number of benzene rings is 1. The molecule has 2 amide bonds. The van der Waals surface area contributed by atoms with Gasteiger partial charge in [0.1, 0.15) is 6.04 Å². The van der Waals surface area contributed by atoms with E-state index in [1.54, 1.807) is 9.80 Å². The van der Waals surface area contributed by atoms with Crippen molar-refractivity contribution in [3.05, 3.63) is 35.9 Å². The minimum Gasteiger partial charge on any atom is -0.480 e. The van der Waals surface area contributed by atoms with Gasteiger partial charge in [-0.1, -0.05) is 35.5 Å². The Bertz CT molecular complexity index is 887. The van der Waals surface area contributed by atoms with Crippen molar-refractivity contribution in [3.8, 4) is 0 Å². The Morgan fingerprint density at radius 1 is 1.09 bits per heavy atom. The number of carbonyl (C=O) groups excluding carboxylic acids is 2. The van der Waals surface area contributed by atoms with Gasteiger partial charge in [0.25, 0.3) is 0 Å². The molecule has 2 saturated heterocycles. The molecule has 6 N–H and O–H groups in total. The van der Waals surface area contributed by atoms with Crippen molar-refractivity contribution < 1.29 is 24.7 Å². The molecule has 2 atom stereocenters. The Hall–Kier alpha value is -3.34. The molecule has 2 fully saturated rings. The number of guanidine groups is 1. The van der Waals surface area contributed by atoms with Gasteiger partial charge in [-0.15, -0.1) is 0 Å². The van der Waals surface area contributed by atoms with Gasteiger partial charge in [-0.05, 0) is 43.6 Å². The van der Waals surface area contributed by atoms with E-state index < -0.39 is 24.0 Å². The zero-order valence-corrected chi connectivity index (χ0v) is 19.3. The smallest absolute Gasteiger partial charge is 0.317 e. The third kappa shape index (κ3) is 6.37. The molecule has 0 bridgehead atoms. The topological polar surface area (TPSA) is 166 Å². The number of oxime groups is 1. The molecule has 1 aromatic rings. The van der Waals surface area contributed by atoms with E-state index in [1.165, 1.54) is 4.90 Å². The van der Waals surface area contributed by atoms with Gasteiger partial charge >= 0.3 is 5.97 Å². The van der Waals surface area contributed by atoms with Crippen LogP contribution < -0.4 is 11.5 Å². The van der Waals surface area contributed by atoms with Crippen LogP contribution in [0.3, 0.4) is 0 Å². The maximum atomic E-state index is 13.7. The maximum absolute atomic E-state index is 13.7. The fraction of sp³-hybridized carbons (Fsp3) is 0.565. The van der Waals surface area contributed by atoms with Crippen LogP contribution in [-0.2, 0) is 20.8 Å². The summed E-state index contributed by atoms with van der Waals surface area (Å²) in [4.78, 5) is 42.5. The van der Waals surface area contributed by atoms with Crippen molar-refractivity contribution in [2.24, 2.45) is 22.5 Å². The van der Waals surface area contributed by atoms with Crippen LogP contribution in [-0.4, -0.2) is 93.6 Å². The van der Waals surface area contributed by atoms with Gasteiger partial charge in [0, 0.05) is 26.2 Å². The van der Waals surface area contributed by atoms with Gasteiger partial charge in [-0.2, -0.15) is 0 Å². The number of hydrogen-bond donors (Lipinski definition) is 4. The van der Waals surface area contributed by atoms with Crippen LogP contribution in [0.25, 0.3) is 0 Å². The first-order chi connectivity index (χ1) is 16.3. The molecular formula is C23H34N6O5. The first-order valence-electron chi connectivity index (χ1n) is 11.6. The average molecular weight is 475 g/mol. The standard InChI is InChI=1S/C23H34N6O5/c24-21(32)18-7-4-10-29(18)22(33)19(13-16-5-2-1-3-6-16)28(15-20(30)31)14-17-8-11-27(12-9-17)23(25)26-34/h1-3,5-6,17-19,34H,4,7-15H2,(H2,24,32)(H2,25,26)(H,30,31)/t18-,19+/m0/s1. The molecule has 0 aliphatic carbocycles. The summed E-state index contributed by atoms with van der Waals surface area (Å²) >= 11 is 0. The lowest BCUT2D eigenvalue weighted by Gasteiger charge is -2.38. The molecule has 0 aromatic heterocycles. The van der Waals surface area contributed by atoms with Gasteiger partial charge in [-0.3, -0.25) is 19.3 Å². The summed E-state index contributed by atoms with van der Waals surface area (Å²) in [5.74, 6) is -1.62. The first kappa shape index (κ1) is 25.3. The normalized spacial score (nSPS) is 20.5. The SMILES string of the molecule is NC(=O)[C@@H]1CCCN1C(=O)[C@@H](Cc1ccccc1)N(CC(=O)O)CC1CCN(C(N)=NO)CC1. The Kier molecular flexibility index (Phi) is 8.69. The molecule has 0 spiro atoms. The molecule has 0 unspecified atom stereocenters. The van der Waals surface area contributed by atoms with Crippen molar-refractivity contribution in [2.45, 2.75) is 44.2 Å². The summed E-state index contributed by atoms with van der Waals surface area (Å²) in [5, 5.41) is 21.6. The predicted octanol–water partition coefficient (Wildman–Crippen LogP) is -0.123. The predicted molar refractivity (Wildman–Crippen MR) is 125 cm³/mol. The fourth-order valence-electron chi connectivity index (χ4n) is 4.94. The lowest BCUT2D eigenvalue weighted by molar-refractivity contribution is -0.145. The molecular weight excluding hydrogens is 440 g/mol. The number of aliphatic carboxylic acids is 1. The van der Waals surface area contributed by atoms with E-state index in [2.05, 4.69) is 5.16 Å². The van der Waals surface area contributed by atoms with E-state index >= 15 is 0 Å². The van der Waals surface area contributed by atoms with Crippen molar-refractivity contribution in [2.75, 3.05) is 32.7 Å². The summed E-state index contributed by atoms with van der Waals surface area (Å²) in [7, 11) is 0. The van der Waals surface area contributed by atoms with Crippen molar-refractivity contribution in [3.63, 3.8) is 0 Å². The van der Waals surface area contributed by atoms with Gasteiger partial charge in [0.2, 0.25) is 17.8 Å². The van der Waals surface area contributed by atoms with Crippen LogP contribution in [0.4, 0.5) is 0 Å². The number of nitrogens with two attached hydrogens (primary N) is 2. The third-order valence-electron chi connectivity index (χ3n) is 6.73. The second-order valence-electron chi connectivity index (χ2n) is 9.01. The number of piperidine rings is 1. The Balaban J connectivity index is 1.82. The minimum atomic E-state index is -1.02. The van der Waals surface area contributed by atoms with E-state index in [9.17, 15) is 19.5 Å². The summed E-state index contributed by atoms with van der Waals surface area (Å²) < 4.78 is 0. The molecule has 2 aliphatic rings. The van der Waals surface area contributed by atoms with Gasteiger partial charge < -0.3 is 31.6 Å². The molecule has 0 saturated carbocycles. The molecule has 2 aliphatic heterocycles. The van der Waals surface area contributed by atoms with Crippen LogP contribution in [0.1, 0.15) is 31.2 Å². The van der Waals surface area contributed by atoms with Crippen LogP contribution in [0.2, 0.25) is 0 Å². The van der Waals surface area contributed by atoms with Gasteiger partial charge in [0.05, 0.1) is 12.6 Å². The zero-order chi connectivity index (χ0) is 24.7. The fourth-order valence-corrected chi connectivity index (χ4v) is 4.94. The summed E-state index contributed by atoms with van der Waals surface area (Å²) in [6.07, 6.45) is 2.96. The van der Waals surface area contributed by atoms with Crippen LogP contribution >= 0.6 is 0 Å². The quantitative estimate of drug-likeness (QED) is 0.166. The van der Waals surface area contributed by atoms with Gasteiger partial charge in [-0.25, -0.2) is 0 Å². The number of primary amides is 1. The molecule has 11 heteroatoms. The second kappa shape index (κ2) is 11.7. The highest BCUT2D eigenvalue weighted by Crippen LogP contribution is 2.24. The van der Waals surface area contributed by atoms with E-state index in [0.29, 0.717) is 58.3 Å². The van der Waals surface area contributed by atoms with Crippen LogP contribution in [0, 0.1) is 5.92 Å². The third-order valence-corrected chi connectivity index (χ3v) is 6.73. The summed E-state index contributed by atoms with van der Waals surface area (Å²) in [6, 6.07) is 8.05. The Morgan fingerprint density at radius 3 is 2.35 bits per heavy atom. The molecule has 11 nitrogen and oxygen atoms in total. The number of amides is 2. The zero-order valence-electron chi connectivity index (χ0n) is 19.3. The van der Waals surface area contributed by atoms with Crippen molar-refractivity contribution >= 4 is 23.7 Å². The highest BCUT2D eigenvalue weighted by atomic mass is 16.4. The van der Waals surface area contributed by atoms with Crippen molar-refractivity contribution in [1.82, 2.24) is 14.7 Å². The van der Waals surface area contributed by atoms with Crippen LogP contribution in [0.15, 0.2) is 35.5 Å². The number of rotatable bonds is 9. The number of carbonyl (C=O) groups is 3. The second-order valence-corrected chi connectivity index (χ2v) is 9.01. The molecule has 2 heterocycles. The van der Waals surface area contributed by atoms with E-state index in [-0.39, 0.29) is 24.3 Å². The summed E-state index contributed by atoms with van der Waals surface area (Å²) in [5.41, 5.74) is 12.2. The van der Waals surface area contributed by atoms with Crippen molar-refractivity contribution in [1.29, 1.82) is 0 Å². The van der Waals surface area contributed by atoms with E-state index in [4.69, 9.17) is 16.7 Å². The highest BCUT2D eigenvalue weighted by Gasteiger charge is 2.39. The number of nitrogens with zero attached hydrogens (tertiary/aromatic N) is 4. The number of hydrogen-bond acceptors (Lipinski definition) is 6. The average Bonchev–Trinajstić information content (AvgIpc) is 3.32. The Labute approximate surface area is 199 Å². The summed E-state index contributed by atoms with van der Waals surface area (Å²) in [6.45, 7) is 1.70. The maximum Gasteiger partial charge on any atom is 0.317 e. The lowest BCUT2D eigenvalue weighted by Crippen LogP contribution is -2.56. The molecule has 0 radical (unpaired) electrons. The largest absolute Gasteiger partial charge is 0.480 e. The Morgan fingerprint density at radius 2 is 1.76 bits per heavy atom. The minimum absolute atomic E-state index is 0.0597. The molecule has 34 heavy (non-hydrogen) atoms. The van der Waals surface area contributed by atoms with Crippen LogP contribution in [0.5, 0.6) is 0 Å².